The molecule has 2 aromatic rings. The third-order valence-electron chi connectivity index (χ3n) is 3.06. The molecule has 7 nitrogen and oxygen atoms in total. The van der Waals surface area contributed by atoms with Crippen molar-refractivity contribution in [1.29, 1.82) is 0 Å². The molecule has 1 fully saturated rings. The van der Waals surface area contributed by atoms with Gasteiger partial charge in [0, 0.05) is 12.5 Å². The van der Waals surface area contributed by atoms with Crippen LogP contribution in [0.4, 0.5) is 0 Å². The van der Waals surface area contributed by atoms with Crippen LogP contribution >= 0.6 is 11.3 Å². The molecule has 8 heteroatoms. The number of carbonyl (C=O) groups excluding carboxylic acids is 2. The number of thiophene rings is 1. The Hall–Kier alpha value is -2.22. The van der Waals surface area contributed by atoms with Gasteiger partial charge in [0.25, 0.3) is 5.91 Å². The van der Waals surface area contributed by atoms with Gasteiger partial charge in [-0.05, 0) is 24.3 Å². The molecular weight excluding hydrogens is 306 g/mol. The molecule has 2 heterocycles. The minimum absolute atomic E-state index is 0.1000. The van der Waals surface area contributed by atoms with Gasteiger partial charge in [0.05, 0.1) is 11.3 Å². The lowest BCUT2D eigenvalue weighted by Gasteiger charge is -2.04. The van der Waals surface area contributed by atoms with Gasteiger partial charge in [-0.2, -0.15) is 4.98 Å². The maximum atomic E-state index is 11.6. The smallest absolute Gasteiger partial charge is 0.306 e. The summed E-state index contributed by atoms with van der Waals surface area (Å²) in [7, 11) is 0. The first-order valence-corrected chi connectivity index (χ1v) is 7.90. The first-order chi connectivity index (χ1) is 10.7. The summed E-state index contributed by atoms with van der Waals surface area (Å²) in [6.45, 7) is -0.236. The lowest BCUT2D eigenvalue weighted by molar-refractivity contribution is -0.148. The summed E-state index contributed by atoms with van der Waals surface area (Å²) in [5.74, 6) is 0.181. The van der Waals surface area contributed by atoms with E-state index in [2.05, 4.69) is 15.5 Å². The number of nitrogens with one attached hydrogen (secondary N) is 1. The number of rotatable bonds is 7. The van der Waals surface area contributed by atoms with Crippen LogP contribution in [0.5, 0.6) is 0 Å². The van der Waals surface area contributed by atoms with Gasteiger partial charge in [0.1, 0.15) is 0 Å². The van der Waals surface area contributed by atoms with Crippen molar-refractivity contribution in [3.05, 3.63) is 23.4 Å². The van der Waals surface area contributed by atoms with E-state index in [0.29, 0.717) is 18.1 Å². The first kappa shape index (κ1) is 14.7. The average molecular weight is 321 g/mol. The summed E-state index contributed by atoms with van der Waals surface area (Å²) >= 11 is 1.51. The van der Waals surface area contributed by atoms with Gasteiger partial charge in [-0.1, -0.05) is 11.2 Å². The highest BCUT2D eigenvalue weighted by molar-refractivity contribution is 7.13. The lowest BCUT2D eigenvalue weighted by atomic mass is 10.3. The largest absolute Gasteiger partial charge is 0.456 e. The number of ether oxygens (including phenoxy) is 1. The third-order valence-corrected chi connectivity index (χ3v) is 3.93. The van der Waals surface area contributed by atoms with Crippen molar-refractivity contribution >= 4 is 23.2 Å². The van der Waals surface area contributed by atoms with Crippen molar-refractivity contribution in [3.63, 3.8) is 0 Å². The Morgan fingerprint density at radius 2 is 2.32 bits per heavy atom. The number of aryl methyl sites for hydroxylation is 1. The third kappa shape index (κ3) is 4.14. The van der Waals surface area contributed by atoms with Gasteiger partial charge in [-0.3, -0.25) is 9.59 Å². The van der Waals surface area contributed by atoms with Crippen molar-refractivity contribution in [3.8, 4) is 10.7 Å². The Kier molecular flexibility index (Phi) is 4.47. The van der Waals surface area contributed by atoms with Crippen LogP contribution in [0.3, 0.4) is 0 Å². The van der Waals surface area contributed by atoms with Gasteiger partial charge in [0.2, 0.25) is 11.7 Å². The van der Waals surface area contributed by atoms with E-state index in [9.17, 15) is 9.59 Å². The Morgan fingerprint density at radius 1 is 1.45 bits per heavy atom. The van der Waals surface area contributed by atoms with Crippen molar-refractivity contribution in [2.45, 2.75) is 31.7 Å². The number of nitrogens with zero attached hydrogens (tertiary/aromatic N) is 2. The molecule has 22 heavy (non-hydrogen) atoms. The average Bonchev–Trinajstić information content (AvgIpc) is 3.00. The second kappa shape index (κ2) is 6.69. The van der Waals surface area contributed by atoms with Crippen LogP contribution in [0.2, 0.25) is 0 Å². The van der Waals surface area contributed by atoms with Gasteiger partial charge in [-0.25, -0.2) is 0 Å². The summed E-state index contributed by atoms with van der Waals surface area (Å²) in [4.78, 5) is 28.1. The Morgan fingerprint density at radius 3 is 3.05 bits per heavy atom. The van der Waals surface area contributed by atoms with Crippen LogP contribution in [-0.4, -0.2) is 34.7 Å². The molecule has 0 unspecified atom stereocenters. The standard InChI is InChI=1S/C14H15N3O4S/c18-11(15-9-3-4-9)8-20-13(19)6-5-12-16-14(17-21-12)10-2-1-7-22-10/h1-2,7,9H,3-6,8H2,(H,15,18). The van der Waals surface area contributed by atoms with Crippen molar-refractivity contribution in [1.82, 2.24) is 15.5 Å². The van der Waals surface area contributed by atoms with Crippen LogP contribution in [0.1, 0.15) is 25.2 Å². The van der Waals surface area contributed by atoms with Crippen LogP contribution in [-0.2, 0) is 20.7 Å². The maximum Gasteiger partial charge on any atom is 0.306 e. The van der Waals surface area contributed by atoms with Crippen LogP contribution in [0, 0.1) is 0 Å². The Balaban J connectivity index is 1.40. The van der Waals surface area contributed by atoms with E-state index in [1.807, 2.05) is 17.5 Å². The summed E-state index contributed by atoms with van der Waals surface area (Å²) in [6.07, 6.45) is 2.40. The fourth-order valence-electron chi connectivity index (χ4n) is 1.79. The molecule has 1 saturated carbocycles. The molecule has 0 spiro atoms. The molecule has 1 amide bonds. The second-order valence-electron chi connectivity index (χ2n) is 4.99. The first-order valence-electron chi connectivity index (χ1n) is 7.02. The van der Waals surface area contributed by atoms with E-state index in [1.54, 1.807) is 0 Å². The number of amides is 1. The highest BCUT2D eigenvalue weighted by Crippen LogP contribution is 2.21. The molecule has 2 aromatic heterocycles. The van der Waals surface area contributed by atoms with E-state index in [4.69, 9.17) is 9.26 Å². The minimum Gasteiger partial charge on any atom is -0.456 e. The van der Waals surface area contributed by atoms with Crippen LogP contribution in [0.15, 0.2) is 22.0 Å². The molecule has 0 radical (unpaired) electrons. The Labute approximate surface area is 130 Å². The Bertz CT molecular complexity index is 649. The number of aromatic nitrogens is 2. The van der Waals surface area contributed by atoms with E-state index in [-0.39, 0.29) is 25.0 Å². The zero-order chi connectivity index (χ0) is 15.4. The van der Waals surface area contributed by atoms with Gasteiger partial charge < -0.3 is 14.6 Å². The normalized spacial score (nSPS) is 13.8. The summed E-state index contributed by atoms with van der Waals surface area (Å²) in [5, 5.41) is 8.53. The lowest BCUT2D eigenvalue weighted by Crippen LogP contribution is -2.30. The number of esters is 1. The minimum atomic E-state index is -0.457. The fraction of sp³-hybridized carbons (Fsp3) is 0.429. The predicted molar refractivity (Wildman–Crippen MR) is 78.1 cm³/mol. The predicted octanol–water partition coefficient (Wildman–Crippen LogP) is 1.55. The molecule has 0 bridgehead atoms. The van der Waals surface area contributed by atoms with E-state index >= 15 is 0 Å². The molecule has 3 rings (SSSR count). The molecule has 1 N–H and O–H groups in total. The van der Waals surface area contributed by atoms with Crippen LogP contribution < -0.4 is 5.32 Å². The monoisotopic (exact) mass is 321 g/mol. The molecule has 0 saturated heterocycles. The highest BCUT2D eigenvalue weighted by Gasteiger charge is 2.23. The van der Waals surface area contributed by atoms with Gasteiger partial charge in [0.15, 0.2) is 6.61 Å². The topological polar surface area (TPSA) is 94.3 Å². The molecule has 116 valence electrons. The van der Waals surface area contributed by atoms with Gasteiger partial charge in [-0.15, -0.1) is 11.3 Å². The van der Waals surface area contributed by atoms with E-state index < -0.39 is 5.97 Å². The molecular formula is C14H15N3O4S. The van der Waals surface area contributed by atoms with Crippen LogP contribution in [0.25, 0.3) is 10.7 Å². The number of hydrogen-bond acceptors (Lipinski definition) is 7. The highest BCUT2D eigenvalue weighted by atomic mass is 32.1. The summed E-state index contributed by atoms with van der Waals surface area (Å²) in [5.41, 5.74) is 0. The van der Waals surface area contributed by atoms with Gasteiger partial charge >= 0.3 is 5.97 Å². The molecule has 1 aliphatic rings. The molecule has 0 aromatic carbocycles. The maximum absolute atomic E-state index is 11.6. The zero-order valence-electron chi connectivity index (χ0n) is 11.8. The SMILES string of the molecule is O=C(COC(=O)CCc1nc(-c2cccs2)no1)NC1CC1. The molecule has 1 aliphatic carbocycles. The number of carbonyl (C=O) groups is 2. The van der Waals surface area contributed by atoms with Crippen molar-refractivity contribution < 1.29 is 18.8 Å². The number of hydrogen-bond donors (Lipinski definition) is 1. The van der Waals surface area contributed by atoms with E-state index in [0.717, 1.165) is 17.7 Å². The van der Waals surface area contributed by atoms with Crippen molar-refractivity contribution in [2.24, 2.45) is 0 Å². The summed E-state index contributed by atoms with van der Waals surface area (Å²) in [6, 6.07) is 4.06. The fourth-order valence-corrected chi connectivity index (χ4v) is 2.44. The van der Waals surface area contributed by atoms with E-state index in [1.165, 1.54) is 11.3 Å². The summed E-state index contributed by atoms with van der Waals surface area (Å²) < 4.78 is 9.98. The zero-order valence-corrected chi connectivity index (χ0v) is 12.6. The second-order valence-corrected chi connectivity index (χ2v) is 5.94. The molecule has 0 atom stereocenters. The van der Waals surface area contributed by atoms with Crippen molar-refractivity contribution in [2.75, 3.05) is 6.61 Å². The molecule has 0 aliphatic heterocycles. The quantitative estimate of drug-likeness (QED) is 0.778.